The van der Waals surface area contributed by atoms with E-state index in [-0.39, 0.29) is 12.3 Å². The van der Waals surface area contributed by atoms with E-state index in [4.69, 9.17) is 11.6 Å². The average molecular weight is 422 g/mol. The van der Waals surface area contributed by atoms with Gasteiger partial charge in [0.25, 0.3) is 0 Å². The van der Waals surface area contributed by atoms with E-state index in [9.17, 15) is 13.2 Å². The van der Waals surface area contributed by atoms with Gasteiger partial charge in [0.15, 0.2) is 0 Å². The standard InChI is InChI=1S/C20H24ClN3O3S/c1-28(26,27)22-19(16-7-9-17(21)10-8-16)15-20(25)24-13-11-23(12-14-24)18-5-3-2-4-6-18/h2-10,19,22H,11-15H2,1H3. The number of hydrogen-bond donors (Lipinski definition) is 1. The van der Waals surface area contributed by atoms with Crippen molar-refractivity contribution < 1.29 is 13.2 Å². The number of rotatable bonds is 6. The predicted octanol–water partition coefficient (Wildman–Crippen LogP) is 2.67. The molecule has 0 saturated carbocycles. The van der Waals surface area contributed by atoms with Crippen molar-refractivity contribution >= 4 is 33.2 Å². The molecule has 0 bridgehead atoms. The van der Waals surface area contributed by atoms with Gasteiger partial charge >= 0.3 is 0 Å². The van der Waals surface area contributed by atoms with Gasteiger partial charge in [-0.15, -0.1) is 0 Å². The van der Waals surface area contributed by atoms with Crippen LogP contribution in [-0.2, 0) is 14.8 Å². The van der Waals surface area contributed by atoms with Gasteiger partial charge in [-0.3, -0.25) is 4.79 Å². The maximum atomic E-state index is 12.8. The highest BCUT2D eigenvalue weighted by Crippen LogP contribution is 2.22. The van der Waals surface area contributed by atoms with E-state index < -0.39 is 16.1 Å². The second-order valence-corrected chi connectivity index (χ2v) is 9.12. The molecule has 1 aliphatic heterocycles. The Morgan fingerprint density at radius 3 is 2.21 bits per heavy atom. The van der Waals surface area contributed by atoms with Crippen LogP contribution >= 0.6 is 11.6 Å². The number of carbonyl (C=O) groups excluding carboxylic acids is 1. The van der Waals surface area contributed by atoms with Gasteiger partial charge in [-0.2, -0.15) is 0 Å². The van der Waals surface area contributed by atoms with E-state index in [0.29, 0.717) is 23.7 Å². The molecule has 1 amide bonds. The molecule has 0 aromatic heterocycles. The van der Waals surface area contributed by atoms with Crippen molar-refractivity contribution in [3.05, 3.63) is 65.2 Å². The Hall–Kier alpha value is -2.09. The van der Waals surface area contributed by atoms with Crippen molar-refractivity contribution in [2.24, 2.45) is 0 Å². The minimum absolute atomic E-state index is 0.0659. The molecule has 1 heterocycles. The maximum absolute atomic E-state index is 12.8. The predicted molar refractivity (Wildman–Crippen MR) is 112 cm³/mol. The van der Waals surface area contributed by atoms with Crippen molar-refractivity contribution in [2.75, 3.05) is 37.3 Å². The first kappa shape index (κ1) is 20.6. The summed E-state index contributed by atoms with van der Waals surface area (Å²) in [6, 6.07) is 16.3. The van der Waals surface area contributed by atoms with Gasteiger partial charge in [-0.05, 0) is 29.8 Å². The van der Waals surface area contributed by atoms with Crippen LogP contribution in [-0.4, -0.2) is 51.7 Å². The topological polar surface area (TPSA) is 69.7 Å². The fourth-order valence-electron chi connectivity index (χ4n) is 3.34. The van der Waals surface area contributed by atoms with Crippen molar-refractivity contribution in [1.82, 2.24) is 9.62 Å². The number of nitrogens with one attached hydrogen (secondary N) is 1. The molecule has 1 N–H and O–H groups in total. The minimum atomic E-state index is -3.46. The zero-order valence-electron chi connectivity index (χ0n) is 15.7. The maximum Gasteiger partial charge on any atom is 0.224 e. The Morgan fingerprint density at radius 2 is 1.64 bits per heavy atom. The van der Waals surface area contributed by atoms with Crippen LogP contribution < -0.4 is 9.62 Å². The van der Waals surface area contributed by atoms with Crippen LogP contribution in [0.15, 0.2) is 54.6 Å². The van der Waals surface area contributed by atoms with Gasteiger partial charge in [0, 0.05) is 43.3 Å². The molecule has 2 aromatic rings. The molecular formula is C20H24ClN3O3S. The Kier molecular flexibility index (Phi) is 6.59. The number of nitrogens with zero attached hydrogens (tertiary/aromatic N) is 2. The fraction of sp³-hybridized carbons (Fsp3) is 0.350. The molecule has 1 aliphatic rings. The van der Waals surface area contributed by atoms with E-state index >= 15 is 0 Å². The van der Waals surface area contributed by atoms with Gasteiger partial charge in [0.05, 0.1) is 12.3 Å². The minimum Gasteiger partial charge on any atom is -0.368 e. The van der Waals surface area contributed by atoms with Crippen molar-refractivity contribution in [3.8, 4) is 0 Å². The number of piperazine rings is 1. The fourth-order valence-corrected chi connectivity index (χ4v) is 4.20. The Bertz CT molecular complexity index is 896. The monoisotopic (exact) mass is 421 g/mol. The molecule has 0 radical (unpaired) electrons. The lowest BCUT2D eigenvalue weighted by Crippen LogP contribution is -2.49. The second kappa shape index (κ2) is 8.94. The molecule has 1 unspecified atom stereocenters. The van der Waals surface area contributed by atoms with E-state index in [1.807, 2.05) is 18.2 Å². The highest BCUT2D eigenvalue weighted by Gasteiger charge is 2.26. The van der Waals surface area contributed by atoms with Crippen molar-refractivity contribution in [1.29, 1.82) is 0 Å². The number of para-hydroxylation sites is 1. The Labute approximate surface area is 171 Å². The molecule has 0 spiro atoms. The number of benzene rings is 2. The molecule has 1 fully saturated rings. The lowest BCUT2D eigenvalue weighted by molar-refractivity contribution is -0.132. The average Bonchev–Trinajstić information content (AvgIpc) is 2.68. The van der Waals surface area contributed by atoms with Gasteiger partial charge in [0.2, 0.25) is 15.9 Å². The first-order valence-corrected chi connectivity index (χ1v) is 11.4. The summed E-state index contributed by atoms with van der Waals surface area (Å²) < 4.78 is 26.1. The highest BCUT2D eigenvalue weighted by molar-refractivity contribution is 7.88. The van der Waals surface area contributed by atoms with Crippen LogP contribution in [0.5, 0.6) is 0 Å². The molecule has 1 saturated heterocycles. The number of sulfonamides is 1. The molecule has 3 rings (SSSR count). The highest BCUT2D eigenvalue weighted by atomic mass is 35.5. The zero-order chi connectivity index (χ0) is 20.1. The third kappa shape index (κ3) is 5.70. The summed E-state index contributed by atoms with van der Waals surface area (Å²) in [5.41, 5.74) is 1.86. The molecule has 6 nitrogen and oxygen atoms in total. The number of carbonyl (C=O) groups is 1. The van der Waals surface area contributed by atoms with Crippen LogP contribution in [0, 0.1) is 0 Å². The van der Waals surface area contributed by atoms with Gasteiger partial charge in [-0.25, -0.2) is 13.1 Å². The van der Waals surface area contributed by atoms with Crippen molar-refractivity contribution in [3.63, 3.8) is 0 Å². The number of hydrogen-bond acceptors (Lipinski definition) is 4. The largest absolute Gasteiger partial charge is 0.368 e. The number of amides is 1. The summed E-state index contributed by atoms with van der Waals surface area (Å²) in [5, 5.41) is 0.560. The second-order valence-electron chi connectivity index (χ2n) is 6.90. The van der Waals surface area contributed by atoms with Crippen LogP contribution in [0.25, 0.3) is 0 Å². The normalized spacial score (nSPS) is 16.1. The molecule has 0 aliphatic carbocycles. The van der Waals surface area contributed by atoms with Crippen LogP contribution in [0.1, 0.15) is 18.0 Å². The van der Waals surface area contributed by atoms with Gasteiger partial charge < -0.3 is 9.80 Å². The lowest BCUT2D eigenvalue weighted by Gasteiger charge is -2.36. The summed E-state index contributed by atoms with van der Waals surface area (Å²) in [6.07, 6.45) is 1.17. The first-order valence-electron chi connectivity index (χ1n) is 9.12. The van der Waals surface area contributed by atoms with E-state index in [0.717, 1.165) is 25.0 Å². The molecule has 1 atom stereocenters. The van der Waals surface area contributed by atoms with Gasteiger partial charge in [-0.1, -0.05) is 41.9 Å². The van der Waals surface area contributed by atoms with E-state index in [1.54, 1.807) is 29.2 Å². The summed E-state index contributed by atoms with van der Waals surface area (Å²) in [6.45, 7) is 2.72. The Balaban J connectivity index is 1.64. The Morgan fingerprint density at radius 1 is 1.04 bits per heavy atom. The third-order valence-electron chi connectivity index (χ3n) is 4.76. The van der Waals surface area contributed by atoms with E-state index in [1.165, 1.54) is 0 Å². The van der Waals surface area contributed by atoms with E-state index in [2.05, 4.69) is 21.8 Å². The summed E-state index contributed by atoms with van der Waals surface area (Å²) in [4.78, 5) is 16.9. The molecule has 150 valence electrons. The van der Waals surface area contributed by atoms with Crippen LogP contribution in [0.4, 0.5) is 5.69 Å². The first-order chi connectivity index (χ1) is 13.3. The lowest BCUT2D eigenvalue weighted by atomic mass is 10.0. The smallest absolute Gasteiger partial charge is 0.224 e. The summed E-state index contributed by atoms with van der Waals surface area (Å²) >= 11 is 5.92. The molecule has 8 heteroatoms. The number of halogens is 1. The van der Waals surface area contributed by atoms with Crippen LogP contribution in [0.2, 0.25) is 5.02 Å². The van der Waals surface area contributed by atoms with Crippen molar-refractivity contribution in [2.45, 2.75) is 12.5 Å². The molecular weight excluding hydrogens is 398 g/mol. The third-order valence-corrected chi connectivity index (χ3v) is 5.73. The van der Waals surface area contributed by atoms with Gasteiger partial charge in [0.1, 0.15) is 0 Å². The SMILES string of the molecule is CS(=O)(=O)NC(CC(=O)N1CCN(c2ccccc2)CC1)c1ccc(Cl)cc1. The molecule has 2 aromatic carbocycles. The molecule has 28 heavy (non-hydrogen) atoms. The number of anilines is 1. The quantitative estimate of drug-likeness (QED) is 0.778. The zero-order valence-corrected chi connectivity index (χ0v) is 17.3. The summed E-state index contributed by atoms with van der Waals surface area (Å²) in [7, 11) is -3.46. The summed E-state index contributed by atoms with van der Waals surface area (Å²) in [5.74, 6) is -0.0659. The van der Waals surface area contributed by atoms with Crippen LogP contribution in [0.3, 0.4) is 0 Å².